The molecule has 0 saturated carbocycles. The molecular formula is C7H13N3O. The van der Waals surface area contributed by atoms with Crippen LogP contribution >= 0.6 is 0 Å². The number of hydrogen-bond donors (Lipinski definition) is 1. The topological polar surface area (TPSA) is 53.1 Å². The van der Waals surface area contributed by atoms with Gasteiger partial charge in [0.15, 0.2) is 0 Å². The highest BCUT2D eigenvalue weighted by Gasteiger charge is 1.98. The molecule has 0 radical (unpaired) electrons. The number of nitrogens with two attached hydrogens (primary N) is 1. The molecule has 2 N–H and O–H groups in total. The fourth-order valence-electron chi connectivity index (χ4n) is 1.02. The van der Waals surface area contributed by atoms with E-state index in [-0.39, 0.29) is 0 Å². The lowest BCUT2D eigenvalue weighted by atomic mass is 10.3. The Kier molecular flexibility index (Phi) is 3.07. The zero-order valence-electron chi connectivity index (χ0n) is 6.66. The van der Waals surface area contributed by atoms with Crippen molar-refractivity contribution < 1.29 is 4.84 Å². The van der Waals surface area contributed by atoms with Crippen molar-refractivity contribution in [2.24, 2.45) is 5.90 Å². The summed E-state index contributed by atoms with van der Waals surface area (Å²) in [5, 5.41) is 4.11. The van der Waals surface area contributed by atoms with Crippen molar-refractivity contribution in [1.82, 2.24) is 9.78 Å². The van der Waals surface area contributed by atoms with E-state index in [2.05, 4.69) is 16.9 Å². The van der Waals surface area contributed by atoms with E-state index in [0.717, 1.165) is 18.7 Å². The van der Waals surface area contributed by atoms with Gasteiger partial charge in [0.2, 0.25) is 0 Å². The molecule has 0 aliphatic heterocycles. The van der Waals surface area contributed by atoms with Crippen LogP contribution in [0.3, 0.4) is 0 Å². The molecule has 0 atom stereocenters. The average molecular weight is 155 g/mol. The van der Waals surface area contributed by atoms with Gasteiger partial charge in [-0.15, -0.1) is 0 Å². The first kappa shape index (κ1) is 8.23. The van der Waals surface area contributed by atoms with Gasteiger partial charge >= 0.3 is 0 Å². The molecule has 0 unspecified atom stereocenters. The number of nitrogens with zero attached hydrogens (tertiary/aromatic N) is 2. The molecule has 0 amide bonds. The molecule has 0 aliphatic rings. The summed E-state index contributed by atoms with van der Waals surface area (Å²) in [6.07, 6.45) is 2.61. The molecule has 1 aromatic rings. The van der Waals surface area contributed by atoms with E-state index >= 15 is 0 Å². The van der Waals surface area contributed by atoms with Gasteiger partial charge in [-0.1, -0.05) is 0 Å². The van der Waals surface area contributed by atoms with Gasteiger partial charge < -0.3 is 4.84 Å². The molecule has 0 saturated heterocycles. The van der Waals surface area contributed by atoms with Crippen LogP contribution < -0.4 is 5.90 Å². The van der Waals surface area contributed by atoms with Gasteiger partial charge in [-0.05, 0) is 13.0 Å². The van der Waals surface area contributed by atoms with E-state index in [4.69, 9.17) is 5.90 Å². The van der Waals surface area contributed by atoms with Gasteiger partial charge in [0.05, 0.1) is 6.61 Å². The lowest BCUT2D eigenvalue weighted by molar-refractivity contribution is 0.140. The minimum absolute atomic E-state index is 0.547. The second-order valence-electron chi connectivity index (χ2n) is 2.26. The van der Waals surface area contributed by atoms with E-state index in [1.54, 1.807) is 6.20 Å². The van der Waals surface area contributed by atoms with Crippen molar-refractivity contribution in [3.05, 3.63) is 18.0 Å². The van der Waals surface area contributed by atoms with Crippen LogP contribution in [0.2, 0.25) is 0 Å². The first-order chi connectivity index (χ1) is 5.38. The third kappa shape index (κ3) is 2.03. The number of aryl methyl sites for hydroxylation is 1. The van der Waals surface area contributed by atoms with Crippen LogP contribution in [0, 0.1) is 0 Å². The fraction of sp³-hybridized carbons (Fsp3) is 0.571. The number of hydrogen-bond acceptors (Lipinski definition) is 3. The molecule has 1 rings (SSSR count). The van der Waals surface area contributed by atoms with Crippen molar-refractivity contribution in [2.45, 2.75) is 19.9 Å². The maximum Gasteiger partial charge on any atom is 0.0734 e. The predicted molar refractivity (Wildman–Crippen MR) is 41.7 cm³/mol. The summed E-state index contributed by atoms with van der Waals surface area (Å²) in [5.41, 5.74) is 1.16. The SMILES string of the molecule is CCn1nccc1CCON. The van der Waals surface area contributed by atoms with E-state index in [0.29, 0.717) is 6.61 Å². The Balaban J connectivity index is 2.54. The zero-order chi connectivity index (χ0) is 8.10. The monoisotopic (exact) mass is 155 g/mol. The molecule has 0 aromatic carbocycles. The Labute approximate surface area is 65.9 Å². The summed E-state index contributed by atoms with van der Waals surface area (Å²) in [5.74, 6) is 4.91. The summed E-state index contributed by atoms with van der Waals surface area (Å²) < 4.78 is 1.93. The van der Waals surface area contributed by atoms with Crippen LogP contribution in [0.15, 0.2) is 12.3 Å². The molecule has 0 spiro atoms. The van der Waals surface area contributed by atoms with Gasteiger partial charge in [-0.2, -0.15) is 5.10 Å². The van der Waals surface area contributed by atoms with Crippen LogP contribution in [0.5, 0.6) is 0 Å². The second-order valence-corrected chi connectivity index (χ2v) is 2.26. The molecule has 1 heterocycles. The van der Waals surface area contributed by atoms with Crippen molar-refractivity contribution in [1.29, 1.82) is 0 Å². The van der Waals surface area contributed by atoms with Crippen LogP contribution in [0.1, 0.15) is 12.6 Å². The maximum absolute atomic E-state index is 4.91. The van der Waals surface area contributed by atoms with E-state index in [1.807, 2.05) is 10.7 Å². The smallest absolute Gasteiger partial charge is 0.0734 e. The highest BCUT2D eigenvalue weighted by molar-refractivity contribution is 5.00. The Morgan fingerprint density at radius 3 is 3.18 bits per heavy atom. The fourth-order valence-corrected chi connectivity index (χ4v) is 1.02. The van der Waals surface area contributed by atoms with E-state index < -0.39 is 0 Å². The van der Waals surface area contributed by atoms with Crippen molar-refractivity contribution in [3.8, 4) is 0 Å². The molecule has 0 fully saturated rings. The lowest BCUT2D eigenvalue weighted by Crippen LogP contribution is -2.08. The first-order valence-electron chi connectivity index (χ1n) is 3.71. The molecular weight excluding hydrogens is 142 g/mol. The number of aromatic nitrogens is 2. The molecule has 62 valence electrons. The van der Waals surface area contributed by atoms with Gasteiger partial charge in [0.1, 0.15) is 0 Å². The van der Waals surface area contributed by atoms with Gasteiger partial charge in [-0.25, -0.2) is 5.90 Å². The Hall–Kier alpha value is -0.870. The summed E-state index contributed by atoms with van der Waals surface area (Å²) >= 11 is 0. The van der Waals surface area contributed by atoms with Crippen LogP contribution in [0.4, 0.5) is 0 Å². The summed E-state index contributed by atoms with van der Waals surface area (Å²) in [4.78, 5) is 4.47. The van der Waals surface area contributed by atoms with Crippen LogP contribution in [0.25, 0.3) is 0 Å². The normalized spacial score (nSPS) is 10.4. The first-order valence-corrected chi connectivity index (χ1v) is 3.71. The maximum atomic E-state index is 4.91. The minimum Gasteiger partial charge on any atom is -0.304 e. The molecule has 1 aromatic heterocycles. The second kappa shape index (κ2) is 4.10. The van der Waals surface area contributed by atoms with Crippen LogP contribution in [-0.2, 0) is 17.8 Å². The highest BCUT2D eigenvalue weighted by atomic mass is 16.6. The Morgan fingerprint density at radius 2 is 2.55 bits per heavy atom. The number of rotatable bonds is 4. The Morgan fingerprint density at radius 1 is 1.73 bits per heavy atom. The molecule has 0 bridgehead atoms. The zero-order valence-corrected chi connectivity index (χ0v) is 6.66. The highest BCUT2D eigenvalue weighted by Crippen LogP contribution is 1.98. The van der Waals surface area contributed by atoms with Crippen molar-refractivity contribution in [3.63, 3.8) is 0 Å². The average Bonchev–Trinajstić information content (AvgIpc) is 2.47. The summed E-state index contributed by atoms with van der Waals surface area (Å²) in [7, 11) is 0. The largest absolute Gasteiger partial charge is 0.304 e. The third-order valence-corrected chi connectivity index (χ3v) is 1.58. The lowest BCUT2D eigenvalue weighted by Gasteiger charge is -2.02. The molecule has 4 heteroatoms. The molecule has 11 heavy (non-hydrogen) atoms. The quantitative estimate of drug-likeness (QED) is 0.638. The Bertz CT molecular complexity index is 209. The van der Waals surface area contributed by atoms with Gasteiger partial charge in [-0.3, -0.25) is 4.68 Å². The summed E-state index contributed by atoms with van der Waals surface area (Å²) in [6, 6.07) is 1.97. The predicted octanol–water partition coefficient (Wildman–Crippen LogP) is 0.336. The summed E-state index contributed by atoms with van der Waals surface area (Å²) in [6.45, 7) is 3.50. The standard InChI is InChI=1S/C7H13N3O/c1-2-10-7(3-5-9-10)4-6-11-8/h3,5H,2,4,6,8H2,1H3. The van der Waals surface area contributed by atoms with Crippen LogP contribution in [-0.4, -0.2) is 16.4 Å². The molecule has 0 aliphatic carbocycles. The minimum atomic E-state index is 0.547. The van der Waals surface area contributed by atoms with Gasteiger partial charge in [0.25, 0.3) is 0 Å². The van der Waals surface area contributed by atoms with Gasteiger partial charge in [0, 0.05) is 24.9 Å². The van der Waals surface area contributed by atoms with Crippen molar-refractivity contribution >= 4 is 0 Å². The third-order valence-electron chi connectivity index (χ3n) is 1.58. The van der Waals surface area contributed by atoms with E-state index in [9.17, 15) is 0 Å². The van der Waals surface area contributed by atoms with Crippen molar-refractivity contribution in [2.75, 3.05) is 6.61 Å². The molecule has 4 nitrogen and oxygen atoms in total. The van der Waals surface area contributed by atoms with E-state index in [1.165, 1.54) is 0 Å².